The zero-order valence-corrected chi connectivity index (χ0v) is 19.9. The zero-order valence-electron chi connectivity index (χ0n) is 19.9. The van der Waals surface area contributed by atoms with Crippen molar-refractivity contribution in [3.63, 3.8) is 0 Å². The van der Waals surface area contributed by atoms with Crippen molar-refractivity contribution in [3.05, 3.63) is 35.4 Å². The molecule has 0 radical (unpaired) electrons. The Morgan fingerprint density at radius 1 is 1.00 bits per heavy atom. The first kappa shape index (κ1) is 24.7. The molecule has 0 spiro atoms. The van der Waals surface area contributed by atoms with Crippen LogP contribution in [0.1, 0.15) is 77.2 Å². The van der Waals surface area contributed by atoms with Crippen LogP contribution in [0.5, 0.6) is 0 Å². The molecule has 7 nitrogen and oxygen atoms in total. The lowest BCUT2D eigenvalue weighted by Gasteiger charge is -2.34. The van der Waals surface area contributed by atoms with Gasteiger partial charge in [-0.15, -0.1) is 0 Å². The van der Waals surface area contributed by atoms with Crippen LogP contribution in [-0.4, -0.2) is 53.6 Å². The standard InChI is InChI=1S/C24H37N3O4/c1-16(25-21(29)17-8-10-18(11-9-17)23(2,3)4)20(28)26-19-12-14-27(15-13-19)22(30)31-24(5,6)7/h8-11,16,19H,12-15H2,1-7H3,(H,25,29)(H,26,28). The topological polar surface area (TPSA) is 87.7 Å². The van der Waals surface area contributed by atoms with Crippen molar-refractivity contribution in [3.8, 4) is 0 Å². The number of amides is 3. The van der Waals surface area contributed by atoms with Crippen molar-refractivity contribution < 1.29 is 19.1 Å². The molecule has 2 N–H and O–H groups in total. The molecular weight excluding hydrogens is 394 g/mol. The number of piperidine rings is 1. The zero-order chi connectivity index (χ0) is 23.4. The summed E-state index contributed by atoms with van der Waals surface area (Å²) < 4.78 is 5.40. The minimum absolute atomic E-state index is 0.0151. The summed E-state index contributed by atoms with van der Waals surface area (Å²) in [6.07, 6.45) is 0.982. The molecule has 1 aliphatic rings. The van der Waals surface area contributed by atoms with Crippen LogP contribution >= 0.6 is 0 Å². The number of rotatable bonds is 4. The number of nitrogens with zero attached hydrogens (tertiary/aromatic N) is 1. The van der Waals surface area contributed by atoms with Crippen molar-refractivity contribution in [2.24, 2.45) is 0 Å². The number of carbonyl (C=O) groups excluding carboxylic acids is 3. The minimum Gasteiger partial charge on any atom is -0.444 e. The van der Waals surface area contributed by atoms with Gasteiger partial charge in [-0.2, -0.15) is 0 Å². The molecule has 1 aromatic rings. The molecule has 1 aromatic carbocycles. The number of ether oxygens (including phenoxy) is 1. The van der Waals surface area contributed by atoms with Crippen LogP contribution in [0.2, 0.25) is 0 Å². The summed E-state index contributed by atoms with van der Waals surface area (Å²) in [5.41, 5.74) is 1.16. The fraction of sp³-hybridized carbons (Fsp3) is 0.625. The van der Waals surface area contributed by atoms with Crippen LogP contribution in [0.15, 0.2) is 24.3 Å². The first-order chi connectivity index (χ1) is 14.3. The Balaban J connectivity index is 1.81. The predicted molar refractivity (Wildman–Crippen MR) is 121 cm³/mol. The Kier molecular flexibility index (Phi) is 7.73. The van der Waals surface area contributed by atoms with Crippen LogP contribution in [-0.2, 0) is 14.9 Å². The second kappa shape index (κ2) is 9.71. The van der Waals surface area contributed by atoms with Gasteiger partial charge in [-0.05, 0) is 63.6 Å². The molecule has 1 saturated heterocycles. The van der Waals surface area contributed by atoms with Gasteiger partial charge in [0.1, 0.15) is 11.6 Å². The molecule has 0 bridgehead atoms. The highest BCUT2D eigenvalue weighted by Gasteiger charge is 2.28. The Morgan fingerprint density at radius 3 is 2.03 bits per heavy atom. The summed E-state index contributed by atoms with van der Waals surface area (Å²) in [6.45, 7) is 14.6. The molecule has 172 valence electrons. The monoisotopic (exact) mass is 431 g/mol. The van der Waals surface area contributed by atoms with Crippen molar-refractivity contribution in [2.75, 3.05) is 13.1 Å². The van der Waals surface area contributed by atoms with Crippen LogP contribution in [0, 0.1) is 0 Å². The minimum atomic E-state index is -0.654. The molecular formula is C24H37N3O4. The average Bonchev–Trinajstić information content (AvgIpc) is 2.66. The first-order valence-corrected chi connectivity index (χ1v) is 11.0. The van der Waals surface area contributed by atoms with E-state index in [0.717, 1.165) is 5.56 Å². The largest absolute Gasteiger partial charge is 0.444 e. The fourth-order valence-corrected chi connectivity index (χ4v) is 3.33. The molecule has 3 amide bonds. The van der Waals surface area contributed by atoms with Gasteiger partial charge in [0.25, 0.3) is 5.91 Å². The highest BCUT2D eigenvalue weighted by molar-refractivity contribution is 5.97. The van der Waals surface area contributed by atoms with Gasteiger partial charge in [0, 0.05) is 24.7 Å². The smallest absolute Gasteiger partial charge is 0.410 e. The van der Waals surface area contributed by atoms with E-state index in [4.69, 9.17) is 4.74 Å². The van der Waals surface area contributed by atoms with Crippen molar-refractivity contribution in [1.29, 1.82) is 0 Å². The summed E-state index contributed by atoms with van der Waals surface area (Å²) in [4.78, 5) is 38.8. The summed E-state index contributed by atoms with van der Waals surface area (Å²) in [5, 5.41) is 5.74. The normalized spacial score (nSPS) is 16.4. The lowest BCUT2D eigenvalue weighted by molar-refractivity contribution is -0.123. The van der Waals surface area contributed by atoms with Crippen LogP contribution < -0.4 is 10.6 Å². The number of nitrogens with one attached hydrogen (secondary N) is 2. The number of hydrogen-bond donors (Lipinski definition) is 2. The fourth-order valence-electron chi connectivity index (χ4n) is 3.33. The number of hydrogen-bond acceptors (Lipinski definition) is 4. The van der Waals surface area contributed by atoms with Crippen LogP contribution in [0.3, 0.4) is 0 Å². The summed E-state index contributed by atoms with van der Waals surface area (Å²) >= 11 is 0. The molecule has 1 unspecified atom stereocenters. The Labute approximate surface area is 185 Å². The maximum atomic E-state index is 12.5. The molecule has 7 heteroatoms. The molecule has 1 heterocycles. The number of likely N-dealkylation sites (tertiary alicyclic amines) is 1. The maximum Gasteiger partial charge on any atom is 0.410 e. The molecule has 1 fully saturated rings. The van der Waals surface area contributed by atoms with Gasteiger partial charge in [0.15, 0.2) is 0 Å². The Morgan fingerprint density at radius 2 is 1.55 bits per heavy atom. The second-order valence-corrected chi connectivity index (χ2v) is 10.3. The lowest BCUT2D eigenvalue weighted by Crippen LogP contribution is -2.52. The SMILES string of the molecule is CC(NC(=O)c1ccc(C(C)(C)C)cc1)C(=O)NC1CCN(C(=O)OC(C)(C)C)CC1. The second-order valence-electron chi connectivity index (χ2n) is 10.3. The van der Waals surface area contributed by atoms with Gasteiger partial charge in [-0.1, -0.05) is 32.9 Å². The average molecular weight is 432 g/mol. The van der Waals surface area contributed by atoms with Gasteiger partial charge < -0.3 is 20.3 Å². The molecule has 0 aliphatic carbocycles. The summed E-state index contributed by atoms with van der Waals surface area (Å²) in [5.74, 6) is -0.502. The molecule has 1 atom stereocenters. The molecule has 1 aliphatic heterocycles. The van der Waals surface area contributed by atoms with Gasteiger partial charge in [-0.3, -0.25) is 9.59 Å². The predicted octanol–water partition coefficient (Wildman–Crippen LogP) is 3.62. The summed E-state index contributed by atoms with van der Waals surface area (Å²) in [7, 11) is 0. The van der Waals surface area contributed by atoms with Gasteiger partial charge in [-0.25, -0.2) is 4.79 Å². The number of carbonyl (C=O) groups is 3. The van der Waals surface area contributed by atoms with Crippen LogP contribution in [0.4, 0.5) is 4.79 Å². The third kappa shape index (κ3) is 7.56. The van der Waals surface area contributed by atoms with E-state index < -0.39 is 11.6 Å². The summed E-state index contributed by atoms with van der Waals surface area (Å²) in [6, 6.07) is 6.77. The van der Waals surface area contributed by atoms with E-state index >= 15 is 0 Å². The molecule has 0 saturated carbocycles. The van der Waals surface area contributed by atoms with E-state index in [2.05, 4.69) is 31.4 Å². The van der Waals surface area contributed by atoms with Crippen molar-refractivity contribution in [2.45, 2.75) is 84.4 Å². The third-order valence-electron chi connectivity index (χ3n) is 5.25. The van der Waals surface area contributed by atoms with Crippen molar-refractivity contribution >= 4 is 17.9 Å². The highest BCUT2D eigenvalue weighted by atomic mass is 16.6. The maximum absolute atomic E-state index is 12.5. The third-order valence-corrected chi connectivity index (χ3v) is 5.25. The van der Waals surface area contributed by atoms with E-state index in [1.165, 1.54) is 0 Å². The van der Waals surface area contributed by atoms with E-state index in [1.807, 2.05) is 32.9 Å². The lowest BCUT2D eigenvalue weighted by atomic mass is 9.86. The molecule has 2 rings (SSSR count). The Bertz CT molecular complexity index is 783. The van der Waals surface area contributed by atoms with E-state index in [9.17, 15) is 14.4 Å². The quantitative estimate of drug-likeness (QED) is 0.762. The van der Waals surface area contributed by atoms with Crippen LogP contribution in [0.25, 0.3) is 0 Å². The Hall–Kier alpha value is -2.57. The number of benzene rings is 1. The molecule has 0 aromatic heterocycles. The van der Waals surface area contributed by atoms with E-state index in [0.29, 0.717) is 31.5 Å². The van der Waals surface area contributed by atoms with Gasteiger partial charge in [0.05, 0.1) is 0 Å². The highest BCUT2D eigenvalue weighted by Crippen LogP contribution is 2.22. The van der Waals surface area contributed by atoms with Gasteiger partial charge >= 0.3 is 6.09 Å². The van der Waals surface area contributed by atoms with Crippen molar-refractivity contribution in [1.82, 2.24) is 15.5 Å². The first-order valence-electron chi connectivity index (χ1n) is 11.0. The molecule has 31 heavy (non-hydrogen) atoms. The van der Waals surface area contributed by atoms with Gasteiger partial charge in [0.2, 0.25) is 5.91 Å². The van der Waals surface area contributed by atoms with E-state index in [1.54, 1.807) is 24.0 Å². The van der Waals surface area contributed by atoms with E-state index in [-0.39, 0.29) is 29.4 Å².